The average molecular weight is 297 g/mol. The van der Waals surface area contributed by atoms with E-state index in [0.717, 1.165) is 5.56 Å². The van der Waals surface area contributed by atoms with Gasteiger partial charge in [0, 0.05) is 12.4 Å². The molecule has 0 saturated heterocycles. The molecule has 112 valence electrons. The smallest absolute Gasteiger partial charge is 0.262 e. The normalized spacial score (nSPS) is 14.3. The van der Waals surface area contributed by atoms with E-state index in [9.17, 15) is 9.59 Å². The number of nitrogens with one attached hydrogen (secondary N) is 2. The number of hydrogen-bond acceptors (Lipinski definition) is 4. The Labute approximate surface area is 127 Å². The van der Waals surface area contributed by atoms with E-state index in [-0.39, 0.29) is 24.5 Å². The Morgan fingerprint density at radius 1 is 1.41 bits per heavy atom. The summed E-state index contributed by atoms with van der Waals surface area (Å²) in [7, 11) is 0. The molecular formula is C16H15N3O3. The highest BCUT2D eigenvalue weighted by Gasteiger charge is 2.18. The molecule has 1 aliphatic rings. The summed E-state index contributed by atoms with van der Waals surface area (Å²) in [5.41, 5.74) is 2.00. The fourth-order valence-corrected chi connectivity index (χ4v) is 2.23. The van der Waals surface area contributed by atoms with Gasteiger partial charge in [-0.3, -0.25) is 14.6 Å². The zero-order chi connectivity index (χ0) is 15.5. The quantitative estimate of drug-likeness (QED) is 0.906. The number of benzene rings is 1. The predicted molar refractivity (Wildman–Crippen MR) is 80.7 cm³/mol. The summed E-state index contributed by atoms with van der Waals surface area (Å²) in [6, 6.07) is 8.67. The maximum absolute atomic E-state index is 12.1. The van der Waals surface area contributed by atoms with E-state index in [1.165, 1.54) is 6.20 Å². The Hall–Kier alpha value is -2.89. The molecule has 0 aliphatic carbocycles. The van der Waals surface area contributed by atoms with Crippen molar-refractivity contribution in [2.75, 3.05) is 11.9 Å². The van der Waals surface area contributed by atoms with Crippen molar-refractivity contribution in [3.05, 3.63) is 53.9 Å². The van der Waals surface area contributed by atoms with E-state index in [0.29, 0.717) is 17.0 Å². The molecule has 0 saturated carbocycles. The van der Waals surface area contributed by atoms with Gasteiger partial charge in [0.15, 0.2) is 6.61 Å². The van der Waals surface area contributed by atoms with Crippen LogP contribution >= 0.6 is 0 Å². The highest BCUT2D eigenvalue weighted by molar-refractivity contribution is 5.96. The Morgan fingerprint density at radius 2 is 2.27 bits per heavy atom. The molecule has 0 spiro atoms. The van der Waals surface area contributed by atoms with Crippen LogP contribution in [0.15, 0.2) is 42.7 Å². The van der Waals surface area contributed by atoms with Gasteiger partial charge in [-0.1, -0.05) is 6.07 Å². The standard InChI is InChI=1S/C16H15N3O3/c1-10(18-16(21)12-3-2-6-17-8-12)11-4-5-14-13(7-11)19-15(20)9-22-14/h2-8,10H,9H2,1H3,(H,18,21)(H,19,20). The van der Waals surface area contributed by atoms with Crippen molar-refractivity contribution in [2.45, 2.75) is 13.0 Å². The van der Waals surface area contributed by atoms with Crippen molar-refractivity contribution in [3.63, 3.8) is 0 Å². The third-order valence-electron chi connectivity index (χ3n) is 3.41. The van der Waals surface area contributed by atoms with Crippen molar-refractivity contribution in [1.29, 1.82) is 0 Å². The summed E-state index contributed by atoms with van der Waals surface area (Å²) in [5, 5.41) is 5.65. The number of carbonyl (C=O) groups excluding carboxylic acids is 2. The van der Waals surface area contributed by atoms with Gasteiger partial charge in [0.25, 0.3) is 11.8 Å². The molecule has 1 aliphatic heterocycles. The highest BCUT2D eigenvalue weighted by atomic mass is 16.5. The molecule has 3 rings (SSSR count). The van der Waals surface area contributed by atoms with Gasteiger partial charge in [-0.05, 0) is 36.8 Å². The van der Waals surface area contributed by atoms with Gasteiger partial charge >= 0.3 is 0 Å². The second-order valence-electron chi connectivity index (χ2n) is 5.03. The van der Waals surface area contributed by atoms with Crippen LogP contribution in [-0.4, -0.2) is 23.4 Å². The molecule has 2 aromatic rings. The number of ether oxygens (including phenoxy) is 1. The van der Waals surface area contributed by atoms with Crippen molar-refractivity contribution in [3.8, 4) is 5.75 Å². The van der Waals surface area contributed by atoms with E-state index in [4.69, 9.17) is 4.74 Å². The number of rotatable bonds is 3. The topological polar surface area (TPSA) is 80.3 Å². The average Bonchev–Trinajstić information content (AvgIpc) is 2.54. The van der Waals surface area contributed by atoms with Crippen LogP contribution in [0.3, 0.4) is 0 Å². The minimum Gasteiger partial charge on any atom is -0.482 e. The van der Waals surface area contributed by atoms with Gasteiger partial charge in [0.1, 0.15) is 5.75 Å². The van der Waals surface area contributed by atoms with Crippen molar-refractivity contribution < 1.29 is 14.3 Å². The molecule has 1 aromatic heterocycles. The largest absolute Gasteiger partial charge is 0.482 e. The van der Waals surface area contributed by atoms with Gasteiger partial charge in [-0.2, -0.15) is 0 Å². The number of carbonyl (C=O) groups is 2. The van der Waals surface area contributed by atoms with E-state index in [1.54, 1.807) is 30.5 Å². The maximum atomic E-state index is 12.1. The molecule has 0 radical (unpaired) electrons. The van der Waals surface area contributed by atoms with Crippen LogP contribution in [0, 0.1) is 0 Å². The first-order valence-electron chi connectivity index (χ1n) is 6.91. The van der Waals surface area contributed by atoms with Crippen LogP contribution < -0.4 is 15.4 Å². The number of aromatic nitrogens is 1. The molecule has 22 heavy (non-hydrogen) atoms. The molecular weight excluding hydrogens is 282 g/mol. The first-order valence-corrected chi connectivity index (χ1v) is 6.91. The lowest BCUT2D eigenvalue weighted by Crippen LogP contribution is -2.28. The summed E-state index contributed by atoms with van der Waals surface area (Å²) < 4.78 is 5.31. The Kier molecular flexibility index (Phi) is 3.74. The number of fused-ring (bicyclic) bond motifs is 1. The fourth-order valence-electron chi connectivity index (χ4n) is 2.23. The number of hydrogen-bond donors (Lipinski definition) is 2. The SMILES string of the molecule is CC(NC(=O)c1cccnc1)c1ccc2c(c1)NC(=O)CO2. The third kappa shape index (κ3) is 2.90. The zero-order valence-corrected chi connectivity index (χ0v) is 12.0. The summed E-state index contributed by atoms with van der Waals surface area (Å²) in [4.78, 5) is 27.4. The molecule has 6 heteroatoms. The lowest BCUT2D eigenvalue weighted by Gasteiger charge is -2.21. The van der Waals surface area contributed by atoms with Gasteiger partial charge in [0.05, 0.1) is 17.3 Å². The second-order valence-corrected chi connectivity index (χ2v) is 5.03. The van der Waals surface area contributed by atoms with Crippen LogP contribution in [0.4, 0.5) is 5.69 Å². The summed E-state index contributed by atoms with van der Waals surface area (Å²) in [6.45, 7) is 1.90. The lowest BCUT2D eigenvalue weighted by atomic mass is 10.1. The first kappa shape index (κ1) is 14.1. The Balaban J connectivity index is 1.75. The number of pyridine rings is 1. The van der Waals surface area contributed by atoms with Gasteiger partial charge in [-0.25, -0.2) is 0 Å². The van der Waals surface area contributed by atoms with Gasteiger partial charge < -0.3 is 15.4 Å². The van der Waals surface area contributed by atoms with Crippen LogP contribution in [0.25, 0.3) is 0 Å². The molecule has 0 bridgehead atoms. The molecule has 2 N–H and O–H groups in total. The monoisotopic (exact) mass is 297 g/mol. The second kappa shape index (κ2) is 5.85. The summed E-state index contributed by atoms with van der Waals surface area (Å²) >= 11 is 0. The van der Waals surface area contributed by atoms with Crippen molar-refractivity contribution in [1.82, 2.24) is 10.3 Å². The van der Waals surface area contributed by atoms with Gasteiger partial charge in [0.2, 0.25) is 0 Å². The molecule has 6 nitrogen and oxygen atoms in total. The van der Waals surface area contributed by atoms with Crippen molar-refractivity contribution in [2.24, 2.45) is 0 Å². The maximum Gasteiger partial charge on any atom is 0.262 e. The van der Waals surface area contributed by atoms with E-state index in [1.807, 2.05) is 13.0 Å². The third-order valence-corrected chi connectivity index (χ3v) is 3.41. The van der Waals surface area contributed by atoms with Crippen LogP contribution in [0.5, 0.6) is 5.75 Å². The molecule has 0 fully saturated rings. The molecule has 1 atom stereocenters. The summed E-state index contributed by atoms with van der Waals surface area (Å²) in [5.74, 6) is 0.254. The molecule has 1 aromatic carbocycles. The predicted octanol–water partition coefficient (Wildman–Crippen LogP) is 1.90. The van der Waals surface area contributed by atoms with E-state index < -0.39 is 0 Å². The van der Waals surface area contributed by atoms with Gasteiger partial charge in [-0.15, -0.1) is 0 Å². The van der Waals surface area contributed by atoms with E-state index in [2.05, 4.69) is 15.6 Å². The first-order chi connectivity index (χ1) is 10.6. The minimum absolute atomic E-state index is 0.0274. The number of nitrogens with zero attached hydrogens (tertiary/aromatic N) is 1. The number of amides is 2. The molecule has 1 unspecified atom stereocenters. The van der Waals surface area contributed by atoms with Crippen LogP contribution in [0.1, 0.15) is 28.9 Å². The van der Waals surface area contributed by atoms with Crippen molar-refractivity contribution >= 4 is 17.5 Å². The Morgan fingerprint density at radius 3 is 3.05 bits per heavy atom. The minimum atomic E-state index is -0.211. The fraction of sp³-hybridized carbons (Fsp3) is 0.188. The van der Waals surface area contributed by atoms with Crippen LogP contribution in [0.2, 0.25) is 0 Å². The summed E-state index contributed by atoms with van der Waals surface area (Å²) in [6.07, 6.45) is 3.13. The highest BCUT2D eigenvalue weighted by Crippen LogP contribution is 2.30. The van der Waals surface area contributed by atoms with E-state index >= 15 is 0 Å². The Bertz CT molecular complexity index is 716. The lowest BCUT2D eigenvalue weighted by molar-refractivity contribution is -0.118. The zero-order valence-electron chi connectivity index (χ0n) is 12.0. The number of anilines is 1. The molecule has 2 heterocycles. The molecule has 2 amide bonds. The van der Waals surface area contributed by atoms with Crippen LogP contribution in [-0.2, 0) is 4.79 Å².